The topological polar surface area (TPSA) is 46.3 Å². The molecule has 4 rings (SSSR count). The second kappa shape index (κ2) is 7.00. The van der Waals surface area contributed by atoms with Crippen molar-refractivity contribution < 1.29 is 9.32 Å². The number of carbonyl (C=O) groups excluding carboxylic acids is 1. The van der Waals surface area contributed by atoms with Crippen molar-refractivity contribution in [2.24, 2.45) is 0 Å². The van der Waals surface area contributed by atoms with Crippen molar-refractivity contribution in [2.45, 2.75) is 30.4 Å². The van der Waals surface area contributed by atoms with Gasteiger partial charge in [-0.05, 0) is 25.5 Å². The molecular weight excluding hydrogens is 344 g/mol. The van der Waals surface area contributed by atoms with Gasteiger partial charge in [-0.25, -0.2) is 0 Å². The van der Waals surface area contributed by atoms with Crippen molar-refractivity contribution in [3.05, 3.63) is 65.9 Å². The molecule has 2 heterocycles. The number of nitrogens with zero attached hydrogens (tertiary/aromatic N) is 2. The van der Waals surface area contributed by atoms with Gasteiger partial charge in [0.2, 0.25) is 0 Å². The van der Waals surface area contributed by atoms with Crippen LogP contribution in [0.25, 0.3) is 11.3 Å². The molecule has 2 aromatic carbocycles. The second-order valence-electron chi connectivity index (χ2n) is 6.47. The molecule has 0 saturated carbocycles. The van der Waals surface area contributed by atoms with E-state index in [9.17, 15) is 4.79 Å². The normalized spacial score (nSPS) is 16.8. The Morgan fingerprint density at radius 2 is 1.88 bits per heavy atom. The van der Waals surface area contributed by atoms with Crippen molar-refractivity contribution in [3.8, 4) is 11.3 Å². The van der Waals surface area contributed by atoms with Gasteiger partial charge in [-0.1, -0.05) is 54.5 Å². The lowest BCUT2D eigenvalue weighted by Gasteiger charge is -2.22. The largest absolute Gasteiger partial charge is 0.360 e. The Balaban J connectivity index is 1.79. The molecule has 0 saturated heterocycles. The zero-order valence-electron chi connectivity index (χ0n) is 14.8. The molecule has 0 spiro atoms. The van der Waals surface area contributed by atoms with Crippen LogP contribution in [-0.4, -0.2) is 22.9 Å². The van der Waals surface area contributed by atoms with Crippen molar-refractivity contribution in [3.63, 3.8) is 0 Å². The van der Waals surface area contributed by atoms with E-state index in [2.05, 4.69) is 18.1 Å². The first kappa shape index (κ1) is 16.9. The van der Waals surface area contributed by atoms with Crippen molar-refractivity contribution in [1.29, 1.82) is 0 Å². The van der Waals surface area contributed by atoms with E-state index in [1.165, 1.54) is 0 Å². The summed E-state index contributed by atoms with van der Waals surface area (Å²) in [7, 11) is 0. The highest BCUT2D eigenvalue weighted by Crippen LogP contribution is 2.38. The molecule has 1 aliphatic heterocycles. The predicted molar refractivity (Wildman–Crippen MR) is 105 cm³/mol. The van der Waals surface area contributed by atoms with Gasteiger partial charge in [-0.15, -0.1) is 11.8 Å². The SMILES string of the molecule is Cc1onc(-c2ccccc2)c1C(=O)N1CCC(C)Sc2ccccc21. The fourth-order valence-corrected chi connectivity index (χ4v) is 4.36. The van der Waals surface area contributed by atoms with Crippen molar-refractivity contribution in [2.75, 3.05) is 11.4 Å². The number of hydrogen-bond acceptors (Lipinski definition) is 4. The number of rotatable bonds is 2. The number of aryl methyl sites for hydroxylation is 1. The highest BCUT2D eigenvalue weighted by atomic mass is 32.2. The van der Waals surface area contributed by atoms with Crippen LogP contribution >= 0.6 is 11.8 Å². The van der Waals surface area contributed by atoms with E-state index in [-0.39, 0.29) is 5.91 Å². The first-order valence-corrected chi connectivity index (χ1v) is 9.62. The number of aromatic nitrogens is 1. The van der Waals surface area contributed by atoms with Crippen LogP contribution in [0.4, 0.5) is 5.69 Å². The lowest BCUT2D eigenvalue weighted by Crippen LogP contribution is -2.32. The smallest absolute Gasteiger partial charge is 0.264 e. The zero-order chi connectivity index (χ0) is 18.1. The third-order valence-corrected chi connectivity index (χ3v) is 5.85. The highest BCUT2D eigenvalue weighted by molar-refractivity contribution is 8.00. The minimum Gasteiger partial charge on any atom is -0.360 e. The first-order chi connectivity index (χ1) is 12.6. The quantitative estimate of drug-likeness (QED) is 0.628. The van der Waals surface area contributed by atoms with Gasteiger partial charge in [0, 0.05) is 22.3 Å². The van der Waals surface area contributed by atoms with Crippen LogP contribution in [0, 0.1) is 6.92 Å². The van der Waals surface area contributed by atoms with Crippen molar-refractivity contribution in [1.82, 2.24) is 5.16 Å². The first-order valence-electron chi connectivity index (χ1n) is 8.74. The van der Waals surface area contributed by atoms with Crippen LogP contribution in [-0.2, 0) is 0 Å². The molecule has 0 radical (unpaired) electrons. The molecule has 0 bridgehead atoms. The Labute approximate surface area is 157 Å². The van der Waals surface area contributed by atoms with E-state index in [1.807, 2.05) is 65.2 Å². The van der Waals surface area contributed by atoms with Crippen LogP contribution in [0.1, 0.15) is 29.5 Å². The molecule has 0 N–H and O–H groups in total. The summed E-state index contributed by atoms with van der Waals surface area (Å²) in [5.41, 5.74) is 3.01. The molecule has 1 aromatic heterocycles. The molecule has 5 heteroatoms. The Bertz CT molecular complexity index is 936. The molecule has 1 unspecified atom stereocenters. The van der Waals surface area contributed by atoms with Crippen LogP contribution in [0.15, 0.2) is 64.0 Å². The van der Waals surface area contributed by atoms with Gasteiger partial charge in [0.25, 0.3) is 5.91 Å². The number of benzene rings is 2. The average molecular weight is 364 g/mol. The van der Waals surface area contributed by atoms with E-state index in [4.69, 9.17) is 4.52 Å². The summed E-state index contributed by atoms with van der Waals surface area (Å²) in [4.78, 5) is 16.5. The van der Waals surface area contributed by atoms with Gasteiger partial charge in [0.05, 0.1) is 5.69 Å². The van der Waals surface area contributed by atoms with Gasteiger partial charge >= 0.3 is 0 Å². The Morgan fingerprint density at radius 3 is 2.69 bits per heavy atom. The van der Waals surface area contributed by atoms with Gasteiger partial charge in [-0.3, -0.25) is 4.79 Å². The monoisotopic (exact) mass is 364 g/mol. The molecule has 3 aromatic rings. The summed E-state index contributed by atoms with van der Waals surface area (Å²) in [5.74, 6) is 0.501. The van der Waals surface area contributed by atoms with E-state index >= 15 is 0 Å². The number of thioether (sulfide) groups is 1. The predicted octanol–water partition coefficient (Wildman–Crippen LogP) is 5.18. The van der Waals surface area contributed by atoms with E-state index in [0.29, 0.717) is 28.8 Å². The number of hydrogen-bond donors (Lipinski definition) is 0. The number of fused-ring (bicyclic) bond motifs is 1. The second-order valence-corrected chi connectivity index (χ2v) is 7.95. The molecular formula is C21H20N2O2S. The molecule has 0 fully saturated rings. The van der Waals surface area contributed by atoms with Crippen LogP contribution in [0.2, 0.25) is 0 Å². The van der Waals surface area contributed by atoms with Gasteiger partial charge in [-0.2, -0.15) is 0 Å². The maximum absolute atomic E-state index is 13.5. The summed E-state index contributed by atoms with van der Waals surface area (Å²) in [6.07, 6.45) is 0.941. The summed E-state index contributed by atoms with van der Waals surface area (Å²) >= 11 is 1.82. The molecule has 4 nitrogen and oxygen atoms in total. The van der Waals surface area contributed by atoms with Crippen LogP contribution in [0.3, 0.4) is 0 Å². The van der Waals surface area contributed by atoms with Gasteiger partial charge < -0.3 is 9.42 Å². The average Bonchev–Trinajstić information content (AvgIpc) is 2.96. The fraction of sp³-hybridized carbons (Fsp3) is 0.238. The number of amides is 1. The zero-order valence-corrected chi connectivity index (χ0v) is 15.6. The van der Waals surface area contributed by atoms with E-state index in [0.717, 1.165) is 22.6 Å². The minimum absolute atomic E-state index is 0.0512. The molecule has 26 heavy (non-hydrogen) atoms. The molecule has 1 atom stereocenters. The van der Waals surface area contributed by atoms with E-state index in [1.54, 1.807) is 6.92 Å². The van der Waals surface area contributed by atoms with Gasteiger partial charge in [0.1, 0.15) is 17.0 Å². The van der Waals surface area contributed by atoms with Crippen LogP contribution < -0.4 is 4.90 Å². The summed E-state index contributed by atoms with van der Waals surface area (Å²) in [6, 6.07) is 17.8. The van der Waals surface area contributed by atoms with Crippen LogP contribution in [0.5, 0.6) is 0 Å². The summed E-state index contributed by atoms with van der Waals surface area (Å²) < 4.78 is 5.40. The number of carbonyl (C=O) groups is 1. The van der Waals surface area contributed by atoms with Gasteiger partial charge in [0.15, 0.2) is 0 Å². The minimum atomic E-state index is -0.0512. The Morgan fingerprint density at radius 1 is 1.15 bits per heavy atom. The van der Waals surface area contributed by atoms with E-state index < -0.39 is 0 Å². The summed E-state index contributed by atoms with van der Waals surface area (Å²) in [6.45, 7) is 4.69. The third kappa shape index (κ3) is 3.03. The standard InChI is InChI=1S/C21H20N2O2S/c1-14-12-13-23(17-10-6-7-11-18(17)26-14)21(24)19-15(2)25-22-20(19)16-8-4-3-5-9-16/h3-11,14H,12-13H2,1-2H3. The molecule has 1 aliphatic rings. The third-order valence-electron chi connectivity index (χ3n) is 4.61. The number of anilines is 1. The Kier molecular flexibility index (Phi) is 4.55. The lowest BCUT2D eigenvalue weighted by molar-refractivity contribution is 0.0985. The maximum atomic E-state index is 13.5. The summed E-state index contributed by atoms with van der Waals surface area (Å²) in [5, 5.41) is 4.63. The number of para-hydroxylation sites is 1. The molecule has 0 aliphatic carbocycles. The Hall–Kier alpha value is -2.53. The molecule has 1 amide bonds. The highest BCUT2D eigenvalue weighted by Gasteiger charge is 2.30. The van der Waals surface area contributed by atoms with Crippen molar-refractivity contribution >= 4 is 23.4 Å². The fourth-order valence-electron chi connectivity index (χ4n) is 3.25. The lowest BCUT2D eigenvalue weighted by atomic mass is 10.0. The maximum Gasteiger partial charge on any atom is 0.264 e. The molecule has 132 valence electrons.